The van der Waals surface area contributed by atoms with Gasteiger partial charge in [-0.2, -0.15) is 5.10 Å². The number of hydrogen-bond donors (Lipinski definition) is 0. The molecule has 0 amide bonds. The van der Waals surface area contributed by atoms with Crippen molar-refractivity contribution in [3.05, 3.63) is 35.8 Å². The van der Waals surface area contributed by atoms with E-state index in [0.29, 0.717) is 12.4 Å². The van der Waals surface area contributed by atoms with Crippen LogP contribution in [0.1, 0.15) is 30.6 Å². The highest BCUT2D eigenvalue weighted by Gasteiger charge is 2.18. The number of fused-ring (bicyclic) bond motifs is 1. The fourth-order valence-corrected chi connectivity index (χ4v) is 2.74. The maximum absolute atomic E-state index is 6.06. The summed E-state index contributed by atoms with van der Waals surface area (Å²) in [6.45, 7) is 2.76. The molecule has 0 saturated heterocycles. The van der Waals surface area contributed by atoms with Crippen molar-refractivity contribution in [2.45, 2.75) is 32.2 Å². The van der Waals surface area contributed by atoms with Crippen LogP contribution in [0.5, 0.6) is 0 Å². The molecule has 3 aromatic rings. The van der Waals surface area contributed by atoms with Crippen LogP contribution in [0.15, 0.2) is 18.6 Å². The minimum atomic E-state index is 0.366. The molecule has 0 N–H and O–H groups in total. The normalized spacial score (nSPS) is 11.4. The smallest absolute Gasteiger partial charge is 0.159 e. The lowest BCUT2D eigenvalue weighted by Gasteiger charge is -2.07. The van der Waals surface area contributed by atoms with Gasteiger partial charge in [-0.3, -0.25) is 4.68 Å². The summed E-state index contributed by atoms with van der Waals surface area (Å²) in [5.41, 5.74) is 3.90. The van der Waals surface area contributed by atoms with E-state index >= 15 is 0 Å². The average Bonchev–Trinajstić information content (AvgIpc) is 3.00. The van der Waals surface area contributed by atoms with Crippen molar-refractivity contribution in [2.24, 2.45) is 7.05 Å². The molecule has 0 spiro atoms. The molecule has 0 aromatic carbocycles. The predicted molar refractivity (Wildman–Crippen MR) is 81.2 cm³/mol. The molecular weight excluding hydrogens is 288 g/mol. The second kappa shape index (κ2) is 5.81. The molecule has 0 aliphatic carbocycles. The molecule has 0 bridgehead atoms. The van der Waals surface area contributed by atoms with Crippen molar-refractivity contribution < 1.29 is 0 Å². The van der Waals surface area contributed by atoms with Gasteiger partial charge in [-0.15, -0.1) is 11.6 Å². The van der Waals surface area contributed by atoms with Crippen molar-refractivity contribution in [1.29, 1.82) is 0 Å². The summed E-state index contributed by atoms with van der Waals surface area (Å²) in [6.07, 6.45) is 5.25. The number of hydrogen-bond acceptors (Lipinski definition) is 4. The summed E-state index contributed by atoms with van der Waals surface area (Å²) >= 11 is 6.06. The first kappa shape index (κ1) is 14.0. The fourth-order valence-electron chi connectivity index (χ4n) is 2.53. The summed E-state index contributed by atoms with van der Waals surface area (Å²) in [7, 11) is 1.94. The molecule has 0 aliphatic rings. The number of nitrogens with zero attached hydrogens (tertiary/aromatic N) is 6. The zero-order valence-corrected chi connectivity index (χ0v) is 12.9. The molecule has 0 unspecified atom stereocenters. The number of rotatable bonds is 5. The van der Waals surface area contributed by atoms with E-state index in [1.54, 1.807) is 12.5 Å². The Morgan fingerprint density at radius 1 is 1.33 bits per heavy atom. The van der Waals surface area contributed by atoms with Gasteiger partial charge in [0.15, 0.2) is 5.65 Å². The first-order valence-corrected chi connectivity index (χ1v) is 7.49. The lowest BCUT2D eigenvalue weighted by Crippen LogP contribution is -2.08. The van der Waals surface area contributed by atoms with E-state index in [4.69, 9.17) is 11.6 Å². The van der Waals surface area contributed by atoms with Gasteiger partial charge in [0.25, 0.3) is 0 Å². The molecule has 0 atom stereocenters. The second-order valence-electron chi connectivity index (χ2n) is 4.94. The van der Waals surface area contributed by atoms with Crippen molar-refractivity contribution in [3.63, 3.8) is 0 Å². The van der Waals surface area contributed by atoms with Gasteiger partial charge in [0, 0.05) is 13.2 Å². The predicted octanol–water partition coefficient (Wildman–Crippen LogP) is 2.30. The van der Waals surface area contributed by atoms with Crippen LogP contribution in [-0.2, 0) is 25.9 Å². The van der Waals surface area contributed by atoms with Crippen LogP contribution in [0, 0.1) is 0 Å². The SMILES string of the molecule is CCCc1nn(C)c2c1nc(CCl)n2Cc1ccncn1. The largest absolute Gasteiger partial charge is 0.306 e. The van der Waals surface area contributed by atoms with E-state index in [1.165, 1.54) is 0 Å². The maximum atomic E-state index is 6.06. The summed E-state index contributed by atoms with van der Waals surface area (Å²) in [6, 6.07) is 1.90. The van der Waals surface area contributed by atoms with Gasteiger partial charge in [0.2, 0.25) is 0 Å². The Balaban J connectivity index is 2.11. The topological polar surface area (TPSA) is 61.4 Å². The van der Waals surface area contributed by atoms with Crippen molar-refractivity contribution in [1.82, 2.24) is 29.3 Å². The Morgan fingerprint density at radius 3 is 2.86 bits per heavy atom. The van der Waals surface area contributed by atoms with Crippen molar-refractivity contribution in [2.75, 3.05) is 0 Å². The Labute approximate surface area is 127 Å². The molecule has 21 heavy (non-hydrogen) atoms. The fraction of sp³-hybridized carbons (Fsp3) is 0.429. The molecule has 0 aliphatic heterocycles. The van der Waals surface area contributed by atoms with Gasteiger partial charge in [-0.1, -0.05) is 13.3 Å². The van der Waals surface area contributed by atoms with Crippen LogP contribution in [0.25, 0.3) is 11.2 Å². The minimum absolute atomic E-state index is 0.366. The van der Waals surface area contributed by atoms with E-state index < -0.39 is 0 Å². The third-order valence-corrected chi connectivity index (χ3v) is 3.68. The molecule has 6 nitrogen and oxygen atoms in total. The first-order valence-electron chi connectivity index (χ1n) is 6.96. The molecule has 7 heteroatoms. The average molecular weight is 305 g/mol. The molecule has 0 fully saturated rings. The van der Waals surface area contributed by atoms with Crippen LogP contribution in [-0.4, -0.2) is 29.3 Å². The van der Waals surface area contributed by atoms with Crippen LogP contribution in [0.3, 0.4) is 0 Å². The first-order chi connectivity index (χ1) is 10.2. The van der Waals surface area contributed by atoms with Crippen molar-refractivity contribution in [3.8, 4) is 0 Å². The van der Waals surface area contributed by atoms with E-state index in [9.17, 15) is 0 Å². The summed E-state index contributed by atoms with van der Waals surface area (Å²) in [4.78, 5) is 12.9. The highest BCUT2D eigenvalue weighted by molar-refractivity contribution is 6.16. The molecule has 110 valence electrons. The van der Waals surface area contributed by atoms with Gasteiger partial charge in [0.1, 0.15) is 17.7 Å². The summed E-state index contributed by atoms with van der Waals surface area (Å²) in [5, 5.41) is 4.57. The number of aromatic nitrogens is 6. The summed E-state index contributed by atoms with van der Waals surface area (Å²) < 4.78 is 3.96. The van der Waals surface area contributed by atoms with Gasteiger partial charge in [-0.25, -0.2) is 15.0 Å². The van der Waals surface area contributed by atoms with Crippen LogP contribution < -0.4 is 0 Å². The molecule has 0 saturated carbocycles. The zero-order valence-electron chi connectivity index (χ0n) is 12.1. The standard InChI is InChI=1S/C14H17ClN6/c1-3-4-11-13-14(20(2)19-11)21(12(7-15)18-13)8-10-5-6-16-9-17-10/h5-6,9H,3-4,7-8H2,1-2H3. The number of imidazole rings is 1. The summed E-state index contributed by atoms with van der Waals surface area (Å²) in [5.74, 6) is 1.21. The maximum Gasteiger partial charge on any atom is 0.159 e. The van der Waals surface area contributed by atoms with Crippen LogP contribution in [0.4, 0.5) is 0 Å². The Hall–Kier alpha value is -1.95. The quantitative estimate of drug-likeness (QED) is 0.679. The Morgan fingerprint density at radius 2 is 2.19 bits per heavy atom. The lowest BCUT2D eigenvalue weighted by atomic mass is 10.2. The van der Waals surface area contributed by atoms with E-state index in [0.717, 1.165) is 41.2 Å². The zero-order chi connectivity index (χ0) is 14.8. The number of alkyl halides is 1. The third kappa shape index (κ3) is 2.51. The monoisotopic (exact) mass is 304 g/mol. The third-order valence-electron chi connectivity index (χ3n) is 3.44. The van der Waals surface area contributed by atoms with Crippen LogP contribution >= 0.6 is 11.6 Å². The molecule has 3 rings (SSSR count). The van der Waals surface area contributed by atoms with Gasteiger partial charge in [-0.05, 0) is 12.5 Å². The molecular formula is C14H17ClN6. The minimum Gasteiger partial charge on any atom is -0.306 e. The van der Waals surface area contributed by atoms with E-state index in [2.05, 4.69) is 31.5 Å². The lowest BCUT2D eigenvalue weighted by molar-refractivity contribution is 0.685. The Kier molecular flexibility index (Phi) is 3.88. The van der Waals surface area contributed by atoms with E-state index in [1.807, 2.05) is 17.8 Å². The second-order valence-corrected chi connectivity index (χ2v) is 5.21. The van der Waals surface area contributed by atoms with Crippen molar-refractivity contribution >= 4 is 22.8 Å². The van der Waals surface area contributed by atoms with E-state index in [-0.39, 0.29) is 0 Å². The molecule has 3 aromatic heterocycles. The molecule has 3 heterocycles. The van der Waals surface area contributed by atoms with Crippen LogP contribution in [0.2, 0.25) is 0 Å². The molecule has 0 radical (unpaired) electrons. The number of halogens is 1. The number of aryl methyl sites for hydroxylation is 2. The van der Waals surface area contributed by atoms with Gasteiger partial charge < -0.3 is 4.57 Å². The highest BCUT2D eigenvalue weighted by atomic mass is 35.5. The Bertz CT molecular complexity index is 746. The van der Waals surface area contributed by atoms with Gasteiger partial charge >= 0.3 is 0 Å². The van der Waals surface area contributed by atoms with Gasteiger partial charge in [0.05, 0.1) is 23.8 Å². The highest BCUT2D eigenvalue weighted by Crippen LogP contribution is 2.22.